The normalized spacial score (nSPS) is 10.8. The van der Waals surface area contributed by atoms with Crippen LogP contribution in [0, 0.1) is 0 Å². The van der Waals surface area contributed by atoms with E-state index in [-0.39, 0.29) is 0 Å². The second-order valence-corrected chi connectivity index (χ2v) is 6.05. The Bertz CT molecular complexity index is 552. The van der Waals surface area contributed by atoms with Crippen LogP contribution in [0.2, 0.25) is 0 Å². The Labute approximate surface area is 129 Å². The zero-order chi connectivity index (χ0) is 14.5. The van der Waals surface area contributed by atoms with Gasteiger partial charge in [0.2, 0.25) is 0 Å². The van der Waals surface area contributed by atoms with E-state index in [4.69, 9.17) is 5.73 Å². The van der Waals surface area contributed by atoms with Crippen LogP contribution in [0.15, 0.2) is 53.0 Å². The third kappa shape index (κ3) is 3.62. The lowest BCUT2D eigenvalue weighted by Crippen LogP contribution is -2.30. The second-order valence-electron chi connectivity index (χ2n) is 5.20. The molecule has 0 fully saturated rings. The van der Waals surface area contributed by atoms with Crippen molar-refractivity contribution in [2.75, 3.05) is 4.90 Å². The molecule has 2 aromatic carbocycles. The van der Waals surface area contributed by atoms with Crippen molar-refractivity contribution < 1.29 is 0 Å². The van der Waals surface area contributed by atoms with Crippen LogP contribution < -0.4 is 10.6 Å². The Morgan fingerprint density at radius 1 is 1.05 bits per heavy atom. The minimum atomic E-state index is 0.426. The van der Waals surface area contributed by atoms with Gasteiger partial charge in [-0.05, 0) is 53.0 Å². The molecule has 0 spiro atoms. The Morgan fingerprint density at radius 2 is 1.75 bits per heavy atom. The summed E-state index contributed by atoms with van der Waals surface area (Å²) in [5, 5.41) is 0. The van der Waals surface area contributed by atoms with Crippen molar-refractivity contribution in [2.45, 2.75) is 33.0 Å². The number of nitrogens with two attached hydrogens (primary N) is 1. The minimum Gasteiger partial charge on any atom is -0.364 e. The Morgan fingerprint density at radius 3 is 2.30 bits per heavy atom. The average molecular weight is 333 g/mol. The van der Waals surface area contributed by atoms with Crippen molar-refractivity contribution in [3.8, 4) is 0 Å². The zero-order valence-electron chi connectivity index (χ0n) is 12.0. The van der Waals surface area contributed by atoms with E-state index in [1.165, 1.54) is 11.3 Å². The molecule has 20 heavy (non-hydrogen) atoms. The molecule has 0 bridgehead atoms. The minimum absolute atomic E-state index is 0.426. The summed E-state index contributed by atoms with van der Waals surface area (Å²) >= 11 is 3.67. The maximum Gasteiger partial charge on any atom is 0.0516 e. The van der Waals surface area contributed by atoms with Gasteiger partial charge in [-0.25, -0.2) is 0 Å². The molecule has 2 N–H and O–H groups in total. The third-order valence-electron chi connectivity index (χ3n) is 3.38. The topological polar surface area (TPSA) is 29.3 Å². The van der Waals surface area contributed by atoms with Gasteiger partial charge < -0.3 is 10.6 Å². The zero-order valence-corrected chi connectivity index (χ0v) is 13.6. The molecule has 0 saturated heterocycles. The first kappa shape index (κ1) is 15.1. The molecule has 0 heterocycles. The van der Waals surface area contributed by atoms with Crippen molar-refractivity contribution in [1.29, 1.82) is 0 Å². The summed E-state index contributed by atoms with van der Waals surface area (Å²) < 4.78 is 1.10. The standard InChI is InChI=1S/C17H21BrN2/c1-13(2)20(12-14-6-4-3-5-7-14)17-9-8-15(11-19)10-16(17)18/h3-10,13H,11-12,19H2,1-2H3. The first-order chi connectivity index (χ1) is 9.61. The SMILES string of the molecule is CC(C)N(Cc1ccccc1)c1ccc(CN)cc1Br. The molecule has 3 heteroatoms. The maximum atomic E-state index is 5.69. The van der Waals surface area contributed by atoms with Crippen LogP contribution >= 0.6 is 15.9 Å². The number of hydrogen-bond donors (Lipinski definition) is 1. The van der Waals surface area contributed by atoms with Gasteiger partial charge in [0.05, 0.1) is 5.69 Å². The van der Waals surface area contributed by atoms with Crippen molar-refractivity contribution in [2.24, 2.45) is 5.73 Å². The number of benzene rings is 2. The Kier molecular flexibility index (Phi) is 5.21. The van der Waals surface area contributed by atoms with E-state index in [9.17, 15) is 0 Å². The van der Waals surface area contributed by atoms with Crippen molar-refractivity contribution in [1.82, 2.24) is 0 Å². The molecule has 0 unspecified atom stereocenters. The van der Waals surface area contributed by atoms with Crippen LogP contribution in [0.25, 0.3) is 0 Å². The summed E-state index contributed by atoms with van der Waals surface area (Å²) in [6.07, 6.45) is 0. The molecule has 2 rings (SSSR count). The molecule has 0 atom stereocenters. The molecule has 0 amide bonds. The number of hydrogen-bond acceptors (Lipinski definition) is 2. The Hall–Kier alpha value is -1.32. The summed E-state index contributed by atoms with van der Waals surface area (Å²) in [6.45, 7) is 5.90. The second kappa shape index (κ2) is 6.91. The van der Waals surface area contributed by atoms with Gasteiger partial charge in [-0.15, -0.1) is 0 Å². The highest BCUT2D eigenvalue weighted by molar-refractivity contribution is 9.10. The summed E-state index contributed by atoms with van der Waals surface area (Å²) in [4.78, 5) is 2.39. The van der Waals surface area contributed by atoms with Gasteiger partial charge in [-0.1, -0.05) is 36.4 Å². The fourth-order valence-electron chi connectivity index (χ4n) is 2.24. The Balaban J connectivity index is 2.29. The third-order valence-corrected chi connectivity index (χ3v) is 4.01. The highest BCUT2D eigenvalue weighted by atomic mass is 79.9. The summed E-state index contributed by atoms with van der Waals surface area (Å²) in [7, 11) is 0. The highest BCUT2D eigenvalue weighted by Gasteiger charge is 2.14. The largest absolute Gasteiger partial charge is 0.364 e. The lowest BCUT2D eigenvalue weighted by molar-refractivity contribution is 0.681. The van der Waals surface area contributed by atoms with E-state index in [0.29, 0.717) is 12.6 Å². The van der Waals surface area contributed by atoms with Crippen LogP contribution in [-0.4, -0.2) is 6.04 Å². The lowest BCUT2D eigenvalue weighted by atomic mass is 10.1. The number of rotatable bonds is 5. The van der Waals surface area contributed by atoms with E-state index in [2.05, 4.69) is 83.2 Å². The first-order valence-electron chi connectivity index (χ1n) is 6.91. The van der Waals surface area contributed by atoms with E-state index in [0.717, 1.165) is 16.6 Å². The van der Waals surface area contributed by atoms with Crippen molar-refractivity contribution >= 4 is 21.6 Å². The van der Waals surface area contributed by atoms with Crippen LogP contribution in [0.3, 0.4) is 0 Å². The molecule has 2 nitrogen and oxygen atoms in total. The number of anilines is 1. The molecular weight excluding hydrogens is 312 g/mol. The quantitative estimate of drug-likeness (QED) is 0.883. The summed E-state index contributed by atoms with van der Waals surface area (Å²) in [6, 6.07) is 17.3. The lowest BCUT2D eigenvalue weighted by Gasteiger charge is -2.30. The van der Waals surface area contributed by atoms with Gasteiger partial charge in [0.1, 0.15) is 0 Å². The average Bonchev–Trinajstić information content (AvgIpc) is 2.46. The molecule has 0 aromatic heterocycles. The maximum absolute atomic E-state index is 5.69. The van der Waals surface area contributed by atoms with Crippen LogP contribution in [0.4, 0.5) is 5.69 Å². The molecule has 0 aliphatic carbocycles. The van der Waals surface area contributed by atoms with Crippen molar-refractivity contribution in [3.05, 3.63) is 64.1 Å². The van der Waals surface area contributed by atoms with Gasteiger partial charge in [-0.2, -0.15) is 0 Å². The fraction of sp³-hybridized carbons (Fsp3) is 0.294. The van der Waals surface area contributed by atoms with Gasteiger partial charge in [0, 0.05) is 23.6 Å². The van der Waals surface area contributed by atoms with Gasteiger partial charge >= 0.3 is 0 Å². The molecule has 0 saturated carbocycles. The summed E-state index contributed by atoms with van der Waals surface area (Å²) in [5.74, 6) is 0. The molecule has 0 aliphatic heterocycles. The first-order valence-corrected chi connectivity index (χ1v) is 7.70. The van der Waals surface area contributed by atoms with Crippen molar-refractivity contribution in [3.63, 3.8) is 0 Å². The molecule has 2 aromatic rings. The van der Waals surface area contributed by atoms with Gasteiger partial charge in [-0.3, -0.25) is 0 Å². The molecular formula is C17H21BrN2. The number of halogens is 1. The van der Waals surface area contributed by atoms with E-state index < -0.39 is 0 Å². The predicted molar refractivity (Wildman–Crippen MR) is 89.8 cm³/mol. The van der Waals surface area contributed by atoms with Crippen LogP contribution in [0.1, 0.15) is 25.0 Å². The molecule has 106 valence electrons. The van der Waals surface area contributed by atoms with E-state index >= 15 is 0 Å². The predicted octanol–water partition coefficient (Wildman–Crippen LogP) is 4.32. The van der Waals surface area contributed by atoms with Gasteiger partial charge in [0.25, 0.3) is 0 Å². The fourth-order valence-corrected chi connectivity index (χ4v) is 2.89. The van der Waals surface area contributed by atoms with E-state index in [1.807, 2.05) is 0 Å². The summed E-state index contributed by atoms with van der Waals surface area (Å²) in [5.41, 5.74) is 9.36. The number of nitrogens with zero attached hydrogens (tertiary/aromatic N) is 1. The molecule has 0 aliphatic rings. The molecule has 0 radical (unpaired) electrons. The smallest absolute Gasteiger partial charge is 0.0516 e. The van der Waals surface area contributed by atoms with E-state index in [1.54, 1.807) is 0 Å². The van der Waals surface area contributed by atoms with Crippen LogP contribution in [0.5, 0.6) is 0 Å². The van der Waals surface area contributed by atoms with Gasteiger partial charge in [0.15, 0.2) is 0 Å². The highest BCUT2D eigenvalue weighted by Crippen LogP contribution is 2.30. The van der Waals surface area contributed by atoms with Crippen LogP contribution in [-0.2, 0) is 13.1 Å². The monoisotopic (exact) mass is 332 g/mol.